The van der Waals surface area contributed by atoms with Crippen molar-refractivity contribution in [2.24, 2.45) is 0 Å². The maximum absolute atomic E-state index is 12.3. The third kappa shape index (κ3) is 4.89. The third-order valence-electron chi connectivity index (χ3n) is 2.87. The van der Waals surface area contributed by atoms with E-state index in [1.807, 2.05) is 39.0 Å². The zero-order valence-electron chi connectivity index (χ0n) is 13.2. The van der Waals surface area contributed by atoms with Gasteiger partial charge in [0.1, 0.15) is 5.69 Å². The van der Waals surface area contributed by atoms with E-state index >= 15 is 0 Å². The minimum Gasteiger partial charge on any atom is -0.346 e. The topological polar surface area (TPSA) is 71.1 Å². The van der Waals surface area contributed by atoms with Crippen LogP contribution in [0.1, 0.15) is 41.6 Å². The fourth-order valence-corrected chi connectivity index (χ4v) is 2.24. The number of nitrogens with zero attached hydrogens (tertiary/aromatic N) is 1. The van der Waals surface area contributed by atoms with Crippen LogP contribution in [0.5, 0.6) is 0 Å². The second-order valence-electron chi connectivity index (χ2n) is 6.07. The van der Waals surface area contributed by atoms with E-state index in [9.17, 15) is 9.59 Å². The van der Waals surface area contributed by atoms with Crippen molar-refractivity contribution in [3.8, 4) is 0 Å². The number of aromatic nitrogens is 1. The molecule has 0 aliphatic carbocycles. The standard InChI is InChI=1S/C17H18BrN3O2/c1-17(2,3)21-16(23)14-10-11(8-9-19-14)15(22)20-13-7-5-4-6-12(13)18/h4-10H,1-3H3,(H,20,22)(H,21,23). The number of carbonyl (C=O) groups is 2. The van der Waals surface area contributed by atoms with Crippen molar-refractivity contribution in [3.05, 3.63) is 58.3 Å². The minimum atomic E-state index is -0.369. The van der Waals surface area contributed by atoms with Crippen LogP contribution in [0.15, 0.2) is 47.1 Å². The molecule has 5 nitrogen and oxygen atoms in total. The number of benzene rings is 1. The SMILES string of the molecule is CC(C)(C)NC(=O)c1cc(C(=O)Nc2ccccc2Br)ccn1. The lowest BCUT2D eigenvalue weighted by molar-refractivity contribution is 0.0914. The Morgan fingerprint density at radius 1 is 1.09 bits per heavy atom. The molecule has 2 rings (SSSR count). The fourth-order valence-electron chi connectivity index (χ4n) is 1.86. The van der Waals surface area contributed by atoms with Crippen LogP contribution in [0.3, 0.4) is 0 Å². The minimum absolute atomic E-state index is 0.208. The number of para-hydroxylation sites is 1. The van der Waals surface area contributed by atoms with Crippen LogP contribution in [-0.2, 0) is 0 Å². The number of amides is 2. The molecule has 0 bridgehead atoms. The Balaban J connectivity index is 2.18. The van der Waals surface area contributed by atoms with Crippen molar-refractivity contribution >= 4 is 33.4 Å². The van der Waals surface area contributed by atoms with Crippen LogP contribution in [0.2, 0.25) is 0 Å². The molecule has 23 heavy (non-hydrogen) atoms. The molecule has 0 radical (unpaired) electrons. The molecular weight excluding hydrogens is 358 g/mol. The maximum atomic E-state index is 12.3. The van der Waals surface area contributed by atoms with Gasteiger partial charge in [0.15, 0.2) is 0 Å². The van der Waals surface area contributed by atoms with E-state index in [1.165, 1.54) is 12.3 Å². The monoisotopic (exact) mass is 375 g/mol. The Bertz CT molecular complexity index is 739. The van der Waals surface area contributed by atoms with Crippen molar-refractivity contribution in [2.75, 3.05) is 5.32 Å². The van der Waals surface area contributed by atoms with E-state index in [4.69, 9.17) is 0 Å². The highest BCUT2D eigenvalue weighted by Gasteiger charge is 2.17. The highest BCUT2D eigenvalue weighted by Crippen LogP contribution is 2.21. The van der Waals surface area contributed by atoms with Crippen molar-refractivity contribution in [1.82, 2.24) is 10.3 Å². The second-order valence-corrected chi connectivity index (χ2v) is 6.92. The predicted molar refractivity (Wildman–Crippen MR) is 93.6 cm³/mol. The summed E-state index contributed by atoms with van der Waals surface area (Å²) in [6, 6.07) is 10.4. The van der Waals surface area contributed by atoms with Gasteiger partial charge in [-0.25, -0.2) is 0 Å². The van der Waals surface area contributed by atoms with Gasteiger partial charge in [-0.2, -0.15) is 0 Å². The molecule has 0 saturated heterocycles. The summed E-state index contributed by atoms with van der Waals surface area (Å²) in [4.78, 5) is 28.5. The van der Waals surface area contributed by atoms with Crippen LogP contribution >= 0.6 is 15.9 Å². The number of pyridine rings is 1. The molecule has 0 aliphatic heterocycles. The fraction of sp³-hybridized carbons (Fsp3) is 0.235. The van der Waals surface area contributed by atoms with Gasteiger partial charge in [-0.05, 0) is 61.0 Å². The molecule has 0 fully saturated rings. The van der Waals surface area contributed by atoms with Gasteiger partial charge in [0.05, 0.1) is 5.69 Å². The highest BCUT2D eigenvalue weighted by molar-refractivity contribution is 9.10. The number of carbonyl (C=O) groups excluding carboxylic acids is 2. The van der Waals surface area contributed by atoms with E-state index in [0.717, 1.165) is 4.47 Å². The summed E-state index contributed by atoms with van der Waals surface area (Å²) in [6.45, 7) is 5.65. The summed E-state index contributed by atoms with van der Waals surface area (Å²) in [5.41, 5.74) is 0.871. The first-order valence-electron chi connectivity index (χ1n) is 7.11. The van der Waals surface area contributed by atoms with Crippen molar-refractivity contribution in [1.29, 1.82) is 0 Å². The smallest absolute Gasteiger partial charge is 0.270 e. The Labute approximate surface area is 143 Å². The lowest BCUT2D eigenvalue weighted by Crippen LogP contribution is -2.41. The lowest BCUT2D eigenvalue weighted by atomic mass is 10.1. The zero-order valence-corrected chi connectivity index (χ0v) is 14.8. The largest absolute Gasteiger partial charge is 0.346 e. The molecule has 0 spiro atoms. The molecule has 0 unspecified atom stereocenters. The first kappa shape index (κ1) is 17.1. The number of halogens is 1. The number of hydrogen-bond acceptors (Lipinski definition) is 3. The Hall–Kier alpha value is -2.21. The number of rotatable bonds is 3. The van der Waals surface area contributed by atoms with Crippen LogP contribution in [-0.4, -0.2) is 22.3 Å². The van der Waals surface area contributed by atoms with E-state index in [-0.39, 0.29) is 23.0 Å². The lowest BCUT2D eigenvalue weighted by Gasteiger charge is -2.20. The first-order chi connectivity index (χ1) is 10.8. The molecule has 0 atom stereocenters. The van der Waals surface area contributed by atoms with Crippen LogP contribution in [0.25, 0.3) is 0 Å². The average molecular weight is 376 g/mol. The van der Waals surface area contributed by atoms with Crippen molar-refractivity contribution < 1.29 is 9.59 Å². The third-order valence-corrected chi connectivity index (χ3v) is 3.56. The molecule has 120 valence electrons. The molecule has 1 aromatic heterocycles. The maximum Gasteiger partial charge on any atom is 0.270 e. The molecule has 2 amide bonds. The summed E-state index contributed by atoms with van der Waals surface area (Å²) < 4.78 is 0.785. The molecular formula is C17H18BrN3O2. The van der Waals surface area contributed by atoms with Gasteiger partial charge >= 0.3 is 0 Å². The van der Waals surface area contributed by atoms with Gasteiger partial charge < -0.3 is 10.6 Å². The molecule has 1 heterocycles. The van der Waals surface area contributed by atoms with Crippen LogP contribution < -0.4 is 10.6 Å². The average Bonchev–Trinajstić information content (AvgIpc) is 2.48. The normalized spacial score (nSPS) is 11.0. The number of anilines is 1. The molecule has 2 aromatic rings. The number of nitrogens with one attached hydrogen (secondary N) is 2. The Morgan fingerprint density at radius 2 is 1.78 bits per heavy atom. The van der Waals surface area contributed by atoms with E-state index in [0.29, 0.717) is 11.3 Å². The Kier molecular flexibility index (Phi) is 5.15. The van der Waals surface area contributed by atoms with Gasteiger partial charge in [-0.1, -0.05) is 12.1 Å². The molecule has 2 N–H and O–H groups in total. The van der Waals surface area contributed by atoms with Gasteiger partial charge in [-0.3, -0.25) is 14.6 Å². The summed E-state index contributed by atoms with van der Waals surface area (Å²) in [7, 11) is 0. The van der Waals surface area contributed by atoms with Crippen molar-refractivity contribution in [3.63, 3.8) is 0 Å². The number of hydrogen-bond donors (Lipinski definition) is 2. The molecule has 6 heteroatoms. The van der Waals surface area contributed by atoms with Crippen molar-refractivity contribution in [2.45, 2.75) is 26.3 Å². The van der Waals surface area contributed by atoms with Crippen LogP contribution in [0, 0.1) is 0 Å². The van der Waals surface area contributed by atoms with E-state index in [2.05, 4.69) is 31.5 Å². The molecule has 1 aromatic carbocycles. The van der Waals surface area contributed by atoms with E-state index in [1.54, 1.807) is 12.1 Å². The summed E-state index contributed by atoms with van der Waals surface area (Å²) in [6.07, 6.45) is 1.45. The van der Waals surface area contributed by atoms with E-state index < -0.39 is 0 Å². The summed E-state index contributed by atoms with van der Waals surface area (Å²) in [5, 5.41) is 5.62. The highest BCUT2D eigenvalue weighted by atomic mass is 79.9. The van der Waals surface area contributed by atoms with Gasteiger partial charge in [-0.15, -0.1) is 0 Å². The Morgan fingerprint density at radius 3 is 2.43 bits per heavy atom. The van der Waals surface area contributed by atoms with Crippen LogP contribution in [0.4, 0.5) is 5.69 Å². The first-order valence-corrected chi connectivity index (χ1v) is 7.90. The van der Waals surface area contributed by atoms with Gasteiger partial charge in [0, 0.05) is 21.8 Å². The van der Waals surface area contributed by atoms with Gasteiger partial charge in [0.25, 0.3) is 11.8 Å². The second kappa shape index (κ2) is 6.91. The summed E-state index contributed by atoms with van der Waals surface area (Å²) >= 11 is 3.38. The zero-order chi connectivity index (χ0) is 17.0. The van der Waals surface area contributed by atoms with Gasteiger partial charge in [0.2, 0.25) is 0 Å². The molecule has 0 aliphatic rings. The molecule has 0 saturated carbocycles. The predicted octanol–water partition coefficient (Wildman–Crippen LogP) is 3.62. The summed E-state index contributed by atoms with van der Waals surface area (Å²) in [5.74, 6) is -0.614. The quantitative estimate of drug-likeness (QED) is 0.860.